The molecule has 0 aliphatic heterocycles. The molecule has 0 spiro atoms. The summed E-state index contributed by atoms with van der Waals surface area (Å²) in [4.78, 5) is 0. The van der Waals surface area contributed by atoms with Crippen molar-refractivity contribution in [1.82, 2.24) is 0 Å². The molecule has 1 N–H and O–H groups in total. The Bertz CT molecular complexity index is 523. The summed E-state index contributed by atoms with van der Waals surface area (Å²) in [7, 11) is 0. The molecule has 94 valence electrons. The van der Waals surface area contributed by atoms with Crippen LogP contribution in [0.1, 0.15) is 5.56 Å². The largest absolute Gasteiger partial charge is 0.353 e. The van der Waals surface area contributed by atoms with Gasteiger partial charge in [0.15, 0.2) is 0 Å². The van der Waals surface area contributed by atoms with Gasteiger partial charge in [-0.05, 0) is 30.2 Å². The molecule has 0 fully saturated rings. The normalized spacial score (nSPS) is 10.4. The van der Waals surface area contributed by atoms with Crippen molar-refractivity contribution in [2.45, 2.75) is 6.42 Å². The first-order valence-electron chi connectivity index (χ1n) is 5.57. The smallest absolute Gasteiger partial charge is 0.0762 e. The average molecular weight is 345 g/mol. The van der Waals surface area contributed by atoms with Gasteiger partial charge in [0.1, 0.15) is 0 Å². The van der Waals surface area contributed by atoms with Crippen molar-refractivity contribution >= 4 is 50.5 Å². The molecule has 18 heavy (non-hydrogen) atoms. The zero-order valence-electron chi connectivity index (χ0n) is 9.59. The van der Waals surface area contributed by atoms with Crippen LogP contribution < -0.4 is 5.32 Å². The number of nitrogens with one attached hydrogen (secondary N) is 1. The molecule has 1 nitrogen and oxygen atoms in total. The Hall–Kier alpha value is -0.700. The highest BCUT2D eigenvalue weighted by atomic mass is 79.9. The van der Waals surface area contributed by atoms with Crippen molar-refractivity contribution in [3.05, 3.63) is 58.1 Å². The highest BCUT2D eigenvalue weighted by molar-refractivity contribution is 9.09. The van der Waals surface area contributed by atoms with Crippen LogP contribution in [0.25, 0.3) is 0 Å². The molecule has 2 rings (SSSR count). The van der Waals surface area contributed by atoms with Crippen LogP contribution in [0.2, 0.25) is 10.0 Å². The van der Waals surface area contributed by atoms with Crippen LogP contribution in [0.3, 0.4) is 0 Å². The Labute approximate surface area is 125 Å². The number of halogens is 3. The number of rotatable bonds is 4. The first-order valence-corrected chi connectivity index (χ1v) is 7.45. The van der Waals surface area contributed by atoms with Gasteiger partial charge in [0.05, 0.1) is 15.7 Å². The highest BCUT2D eigenvalue weighted by Gasteiger charge is 2.07. The maximum Gasteiger partial charge on any atom is 0.0762 e. The lowest BCUT2D eigenvalue weighted by Gasteiger charge is -2.13. The summed E-state index contributed by atoms with van der Waals surface area (Å²) in [5, 5.41) is 5.47. The van der Waals surface area contributed by atoms with E-state index in [0.29, 0.717) is 10.0 Å². The van der Waals surface area contributed by atoms with Crippen LogP contribution in [0.15, 0.2) is 42.5 Å². The minimum Gasteiger partial charge on any atom is -0.353 e. The summed E-state index contributed by atoms with van der Waals surface area (Å²) in [6, 6.07) is 13.6. The van der Waals surface area contributed by atoms with E-state index in [1.807, 2.05) is 36.4 Å². The van der Waals surface area contributed by atoms with Crippen LogP contribution in [0, 0.1) is 0 Å². The van der Waals surface area contributed by atoms with Gasteiger partial charge < -0.3 is 5.32 Å². The van der Waals surface area contributed by atoms with E-state index in [2.05, 4.69) is 27.3 Å². The van der Waals surface area contributed by atoms with Crippen molar-refractivity contribution in [2.75, 3.05) is 10.6 Å². The molecule has 0 aliphatic rings. The Balaban J connectivity index is 2.34. The highest BCUT2D eigenvalue weighted by Crippen LogP contribution is 2.33. The number of hydrogen-bond acceptors (Lipinski definition) is 1. The van der Waals surface area contributed by atoms with E-state index < -0.39 is 0 Å². The van der Waals surface area contributed by atoms with Crippen LogP contribution >= 0.6 is 39.1 Å². The van der Waals surface area contributed by atoms with Crippen molar-refractivity contribution in [1.29, 1.82) is 0 Å². The number of anilines is 2. The van der Waals surface area contributed by atoms with Crippen molar-refractivity contribution in [3.63, 3.8) is 0 Å². The Morgan fingerprint density at radius 1 is 0.944 bits per heavy atom. The minimum absolute atomic E-state index is 0.621. The number of benzene rings is 2. The monoisotopic (exact) mass is 343 g/mol. The Kier molecular flexibility index (Phi) is 4.93. The van der Waals surface area contributed by atoms with E-state index >= 15 is 0 Å². The molecule has 0 aromatic heterocycles. The molecule has 2 aromatic carbocycles. The molecule has 2 aromatic rings. The van der Waals surface area contributed by atoms with Crippen LogP contribution in [0.5, 0.6) is 0 Å². The third-order valence-electron chi connectivity index (χ3n) is 2.60. The second kappa shape index (κ2) is 6.46. The van der Waals surface area contributed by atoms with E-state index in [1.54, 1.807) is 0 Å². The van der Waals surface area contributed by atoms with Gasteiger partial charge in [-0.25, -0.2) is 0 Å². The third-order valence-corrected chi connectivity index (χ3v) is 3.63. The van der Waals surface area contributed by atoms with E-state index in [4.69, 9.17) is 23.2 Å². The lowest BCUT2D eigenvalue weighted by Crippen LogP contribution is -1.97. The number of alkyl halides is 1. The SMILES string of the molecule is Clc1cccc(Cl)c1Nc1ccccc1CCBr. The first kappa shape index (κ1) is 13.7. The fraction of sp³-hybridized carbons (Fsp3) is 0.143. The first-order chi connectivity index (χ1) is 8.72. The van der Waals surface area contributed by atoms with Gasteiger partial charge in [0.2, 0.25) is 0 Å². The standard InChI is InChI=1S/C14H12BrCl2N/c15-9-8-10-4-1-2-7-13(10)18-14-11(16)5-3-6-12(14)17/h1-7,18H,8-9H2. The molecule has 0 radical (unpaired) electrons. The summed E-state index contributed by atoms with van der Waals surface area (Å²) in [5.74, 6) is 0. The summed E-state index contributed by atoms with van der Waals surface area (Å²) in [5.41, 5.74) is 3.01. The van der Waals surface area contributed by atoms with Crippen LogP contribution in [0.4, 0.5) is 11.4 Å². The van der Waals surface area contributed by atoms with E-state index in [9.17, 15) is 0 Å². The average Bonchev–Trinajstić information content (AvgIpc) is 2.36. The topological polar surface area (TPSA) is 12.0 Å². The van der Waals surface area contributed by atoms with Gasteiger partial charge in [-0.2, -0.15) is 0 Å². The van der Waals surface area contributed by atoms with Gasteiger partial charge in [-0.15, -0.1) is 0 Å². The Morgan fingerprint density at radius 3 is 2.28 bits per heavy atom. The van der Waals surface area contributed by atoms with Crippen molar-refractivity contribution in [2.24, 2.45) is 0 Å². The predicted octanol–water partition coefficient (Wildman–Crippen LogP) is 5.67. The van der Waals surface area contributed by atoms with Crippen LogP contribution in [-0.4, -0.2) is 5.33 Å². The summed E-state index contributed by atoms with van der Waals surface area (Å²) in [6.07, 6.45) is 0.950. The lowest BCUT2D eigenvalue weighted by molar-refractivity contribution is 1.17. The number of para-hydroxylation sites is 2. The molecule has 0 saturated heterocycles. The van der Waals surface area contributed by atoms with Gasteiger partial charge in [0, 0.05) is 11.0 Å². The molecule has 0 saturated carbocycles. The zero-order valence-corrected chi connectivity index (χ0v) is 12.7. The molecule has 0 heterocycles. The molecule has 0 amide bonds. The van der Waals surface area contributed by atoms with Gasteiger partial charge in [0.25, 0.3) is 0 Å². The second-order valence-electron chi connectivity index (χ2n) is 3.82. The van der Waals surface area contributed by atoms with Crippen molar-refractivity contribution in [3.8, 4) is 0 Å². The number of aryl methyl sites for hydroxylation is 1. The van der Waals surface area contributed by atoms with Gasteiger partial charge >= 0.3 is 0 Å². The van der Waals surface area contributed by atoms with Crippen molar-refractivity contribution < 1.29 is 0 Å². The molecule has 0 unspecified atom stereocenters. The number of hydrogen-bond donors (Lipinski definition) is 1. The summed E-state index contributed by atoms with van der Waals surface area (Å²) >= 11 is 15.8. The molecular weight excluding hydrogens is 333 g/mol. The summed E-state index contributed by atoms with van der Waals surface area (Å²) < 4.78 is 0. The fourth-order valence-electron chi connectivity index (χ4n) is 1.71. The predicted molar refractivity (Wildman–Crippen MR) is 83.7 cm³/mol. The van der Waals surface area contributed by atoms with E-state index in [0.717, 1.165) is 23.1 Å². The van der Waals surface area contributed by atoms with Crippen LogP contribution in [-0.2, 0) is 6.42 Å². The zero-order chi connectivity index (χ0) is 13.0. The molecular formula is C14H12BrCl2N. The maximum absolute atomic E-state index is 6.15. The van der Waals surface area contributed by atoms with E-state index in [1.165, 1.54) is 5.56 Å². The van der Waals surface area contributed by atoms with Gasteiger partial charge in [-0.1, -0.05) is 63.4 Å². The minimum atomic E-state index is 0.621. The molecule has 0 bridgehead atoms. The van der Waals surface area contributed by atoms with E-state index in [-0.39, 0.29) is 0 Å². The molecule has 4 heteroatoms. The summed E-state index contributed by atoms with van der Waals surface area (Å²) in [6.45, 7) is 0. The Morgan fingerprint density at radius 2 is 1.61 bits per heavy atom. The maximum atomic E-state index is 6.15. The van der Waals surface area contributed by atoms with Gasteiger partial charge in [-0.3, -0.25) is 0 Å². The second-order valence-corrected chi connectivity index (χ2v) is 5.43. The lowest BCUT2D eigenvalue weighted by atomic mass is 10.1. The molecule has 0 aliphatic carbocycles. The molecule has 0 atom stereocenters. The third kappa shape index (κ3) is 3.19. The fourth-order valence-corrected chi connectivity index (χ4v) is 2.63. The quantitative estimate of drug-likeness (QED) is 0.704.